The van der Waals surface area contributed by atoms with E-state index >= 15 is 0 Å². The normalized spacial score (nSPS) is 11.6. The van der Waals surface area contributed by atoms with Crippen molar-refractivity contribution in [2.45, 2.75) is 0 Å². The second-order valence-electron chi connectivity index (χ2n) is 11.3. The van der Waals surface area contributed by atoms with E-state index in [1.54, 1.807) is 0 Å². The maximum atomic E-state index is 4.83. The lowest BCUT2D eigenvalue weighted by atomic mass is 10.1. The van der Waals surface area contributed by atoms with E-state index in [1.807, 2.05) is 18.3 Å². The maximum Gasteiger partial charge on any atom is 0.137 e. The summed E-state index contributed by atoms with van der Waals surface area (Å²) in [6.45, 7) is 0. The monoisotopic (exact) mass is 576 g/mol. The Balaban J connectivity index is 1.49. The van der Waals surface area contributed by atoms with Crippen LogP contribution in [-0.2, 0) is 0 Å². The molecular weight excluding hydrogens is 548 g/mol. The Hall–Kier alpha value is -6.13. The van der Waals surface area contributed by atoms with E-state index in [4.69, 9.17) is 4.98 Å². The molecule has 0 unspecified atom stereocenters. The predicted octanol–water partition coefficient (Wildman–Crippen LogP) is 10.7. The van der Waals surface area contributed by atoms with Crippen molar-refractivity contribution in [3.05, 3.63) is 170 Å². The lowest BCUT2D eigenvalue weighted by molar-refractivity contribution is 1.12. The molecule has 4 heteroatoms. The minimum Gasteiger partial charge on any atom is -0.307 e. The number of aromatic nitrogens is 3. The molecule has 0 spiro atoms. The van der Waals surface area contributed by atoms with Crippen LogP contribution in [0.2, 0.25) is 0 Å². The average molecular weight is 577 g/mol. The van der Waals surface area contributed by atoms with Crippen molar-refractivity contribution in [2.24, 2.45) is 0 Å². The molecule has 0 N–H and O–H groups in total. The van der Waals surface area contributed by atoms with Gasteiger partial charge in [-0.3, -0.25) is 4.90 Å². The number of fused-ring (bicyclic) bond motifs is 6. The number of pyridine rings is 1. The number of rotatable bonds is 5. The smallest absolute Gasteiger partial charge is 0.137 e. The van der Waals surface area contributed by atoms with Crippen LogP contribution >= 0.6 is 0 Å². The van der Waals surface area contributed by atoms with Gasteiger partial charge in [0.25, 0.3) is 0 Å². The van der Waals surface area contributed by atoms with Gasteiger partial charge < -0.3 is 9.13 Å². The first-order valence-electron chi connectivity index (χ1n) is 15.2. The first-order chi connectivity index (χ1) is 22.4. The Labute approximate surface area is 260 Å². The van der Waals surface area contributed by atoms with Gasteiger partial charge in [0.1, 0.15) is 5.82 Å². The van der Waals surface area contributed by atoms with Crippen LogP contribution in [0, 0.1) is 0 Å². The summed E-state index contributed by atoms with van der Waals surface area (Å²) in [6.07, 6.45) is 1.86. The number of hydrogen-bond donors (Lipinski definition) is 0. The minimum absolute atomic E-state index is 0.864. The van der Waals surface area contributed by atoms with Crippen molar-refractivity contribution in [3.63, 3.8) is 0 Å². The SMILES string of the molecule is c1ccc(N(c2cc(-n3c4ccccc4c4ccccc43)c3c(c2)c2ccccc2n3-c2ccccc2)c2ccccn2)cc1. The summed E-state index contributed by atoms with van der Waals surface area (Å²) in [4.78, 5) is 7.09. The van der Waals surface area contributed by atoms with Gasteiger partial charge in [-0.1, -0.05) is 97.1 Å². The summed E-state index contributed by atoms with van der Waals surface area (Å²) in [5.41, 5.74) is 9.00. The van der Waals surface area contributed by atoms with Crippen LogP contribution in [0.5, 0.6) is 0 Å². The predicted molar refractivity (Wildman–Crippen MR) is 188 cm³/mol. The lowest BCUT2D eigenvalue weighted by Gasteiger charge is -2.26. The first kappa shape index (κ1) is 25.4. The zero-order valence-electron chi connectivity index (χ0n) is 24.5. The topological polar surface area (TPSA) is 26.0 Å². The quantitative estimate of drug-likeness (QED) is 0.204. The molecule has 0 aliphatic heterocycles. The van der Waals surface area contributed by atoms with E-state index < -0.39 is 0 Å². The van der Waals surface area contributed by atoms with Gasteiger partial charge in [0.2, 0.25) is 0 Å². The summed E-state index contributed by atoms with van der Waals surface area (Å²) in [7, 11) is 0. The first-order valence-corrected chi connectivity index (χ1v) is 15.2. The summed E-state index contributed by atoms with van der Waals surface area (Å²) in [5, 5.41) is 4.85. The van der Waals surface area contributed by atoms with Gasteiger partial charge >= 0.3 is 0 Å². The van der Waals surface area contributed by atoms with Crippen molar-refractivity contribution in [2.75, 3.05) is 4.90 Å². The molecule has 0 atom stereocenters. The van der Waals surface area contributed by atoms with E-state index in [9.17, 15) is 0 Å². The van der Waals surface area contributed by atoms with Crippen molar-refractivity contribution < 1.29 is 0 Å². The Kier molecular flexibility index (Phi) is 5.78. The van der Waals surface area contributed by atoms with Gasteiger partial charge in [-0.15, -0.1) is 0 Å². The number of para-hydroxylation sites is 5. The van der Waals surface area contributed by atoms with E-state index in [0.717, 1.165) is 34.1 Å². The highest BCUT2D eigenvalue weighted by atomic mass is 15.2. The average Bonchev–Trinajstić information content (AvgIpc) is 3.63. The molecule has 3 aromatic heterocycles. The van der Waals surface area contributed by atoms with Crippen LogP contribution in [0.1, 0.15) is 0 Å². The Bertz CT molecular complexity index is 2380. The molecular formula is C41H28N4. The zero-order chi connectivity index (χ0) is 29.7. The Morgan fingerprint density at radius 1 is 0.422 bits per heavy atom. The van der Waals surface area contributed by atoms with Crippen LogP contribution in [0.3, 0.4) is 0 Å². The molecule has 0 saturated heterocycles. The Morgan fingerprint density at radius 2 is 0.956 bits per heavy atom. The molecule has 9 aromatic rings. The fourth-order valence-electron chi connectivity index (χ4n) is 6.87. The van der Waals surface area contributed by atoms with Crippen LogP contribution in [-0.4, -0.2) is 14.1 Å². The third kappa shape index (κ3) is 3.96. The lowest BCUT2D eigenvalue weighted by Crippen LogP contribution is -2.12. The molecule has 0 aliphatic carbocycles. The molecule has 45 heavy (non-hydrogen) atoms. The standard InChI is InChI=1S/C41H28N4/c1-3-15-29(16-4-1)43(40-25-13-14-26-42-40)31-27-35-34-21-9-10-22-36(34)44(30-17-5-2-6-18-30)41(35)39(28-31)45-37-23-11-7-19-32(37)33-20-8-12-24-38(33)45/h1-28H. The van der Waals surface area contributed by atoms with Gasteiger partial charge in [0.05, 0.1) is 33.4 Å². The molecule has 212 valence electrons. The van der Waals surface area contributed by atoms with E-state index in [-0.39, 0.29) is 0 Å². The third-order valence-corrected chi connectivity index (χ3v) is 8.72. The van der Waals surface area contributed by atoms with Gasteiger partial charge in [-0.25, -0.2) is 4.98 Å². The third-order valence-electron chi connectivity index (χ3n) is 8.72. The van der Waals surface area contributed by atoms with Crippen molar-refractivity contribution in [1.82, 2.24) is 14.1 Å². The van der Waals surface area contributed by atoms with Gasteiger partial charge in [-0.05, 0) is 66.7 Å². The van der Waals surface area contributed by atoms with Crippen molar-refractivity contribution >= 4 is 60.8 Å². The molecule has 0 bridgehead atoms. The second kappa shape index (κ2) is 10.2. The molecule has 9 rings (SSSR count). The maximum absolute atomic E-state index is 4.83. The van der Waals surface area contributed by atoms with Gasteiger partial charge in [-0.2, -0.15) is 0 Å². The van der Waals surface area contributed by atoms with Crippen LogP contribution in [0.4, 0.5) is 17.2 Å². The molecule has 6 aromatic carbocycles. The van der Waals surface area contributed by atoms with Crippen molar-refractivity contribution in [3.8, 4) is 11.4 Å². The van der Waals surface area contributed by atoms with Crippen LogP contribution in [0.15, 0.2) is 170 Å². The van der Waals surface area contributed by atoms with E-state index in [0.29, 0.717) is 0 Å². The molecule has 0 saturated carbocycles. The zero-order valence-corrected chi connectivity index (χ0v) is 24.5. The molecule has 0 fully saturated rings. The number of anilines is 3. The van der Waals surface area contributed by atoms with Crippen LogP contribution < -0.4 is 4.90 Å². The molecule has 3 heterocycles. The number of nitrogens with zero attached hydrogens (tertiary/aromatic N) is 4. The summed E-state index contributed by atoms with van der Waals surface area (Å²) in [5.74, 6) is 0.864. The number of hydrogen-bond acceptors (Lipinski definition) is 2. The largest absolute Gasteiger partial charge is 0.307 e. The molecule has 0 aliphatic rings. The number of benzene rings is 6. The molecule has 0 radical (unpaired) electrons. The van der Waals surface area contributed by atoms with E-state index in [1.165, 1.54) is 38.1 Å². The highest BCUT2D eigenvalue weighted by molar-refractivity contribution is 6.16. The minimum atomic E-state index is 0.864. The second-order valence-corrected chi connectivity index (χ2v) is 11.3. The van der Waals surface area contributed by atoms with Gasteiger partial charge in [0.15, 0.2) is 0 Å². The summed E-state index contributed by atoms with van der Waals surface area (Å²) >= 11 is 0. The van der Waals surface area contributed by atoms with Crippen molar-refractivity contribution in [1.29, 1.82) is 0 Å². The van der Waals surface area contributed by atoms with Crippen LogP contribution in [0.25, 0.3) is 55.0 Å². The molecule has 4 nitrogen and oxygen atoms in total. The highest BCUT2D eigenvalue weighted by Gasteiger charge is 2.23. The summed E-state index contributed by atoms with van der Waals surface area (Å²) < 4.78 is 4.86. The fraction of sp³-hybridized carbons (Fsp3) is 0. The van der Waals surface area contributed by atoms with E-state index in [2.05, 4.69) is 166 Å². The fourth-order valence-corrected chi connectivity index (χ4v) is 6.87. The summed E-state index contributed by atoms with van der Waals surface area (Å²) in [6, 6.07) is 58.1. The molecule has 0 amide bonds. The highest BCUT2D eigenvalue weighted by Crippen LogP contribution is 2.44. The van der Waals surface area contributed by atoms with Gasteiger partial charge in [0, 0.05) is 39.1 Å². The Morgan fingerprint density at radius 3 is 1.58 bits per heavy atom.